The number of nitrogens with zero attached hydrogens (tertiary/aromatic N) is 1. The molecule has 2 rings (SSSR count). The number of pyridine rings is 1. The van der Waals surface area contributed by atoms with E-state index in [2.05, 4.69) is 17.1 Å². The first-order valence-corrected chi connectivity index (χ1v) is 4.80. The first kappa shape index (κ1) is 9.00. The summed E-state index contributed by atoms with van der Waals surface area (Å²) in [5, 5.41) is 2.27. The Morgan fingerprint density at radius 3 is 2.86 bits per heavy atom. The lowest BCUT2D eigenvalue weighted by molar-refractivity contribution is 0.331. The van der Waals surface area contributed by atoms with Crippen molar-refractivity contribution in [3.63, 3.8) is 0 Å². The van der Waals surface area contributed by atoms with Gasteiger partial charge in [-0.05, 0) is 31.4 Å². The predicted molar refractivity (Wildman–Crippen MR) is 57.6 cm³/mol. The quantitative estimate of drug-likeness (QED) is 0.721. The smallest absolute Gasteiger partial charge is 0.221 e. The van der Waals surface area contributed by atoms with Crippen LogP contribution >= 0.6 is 0 Å². The molecule has 0 aliphatic carbocycles. The standard InChI is InChI=1S/C12H13NO/c1-3-14-12-11-7-5-4-6-10(11)8-9(2)13-12/h4-8H,3H2,1-2H3. The summed E-state index contributed by atoms with van der Waals surface area (Å²) in [6, 6.07) is 10.2. The highest BCUT2D eigenvalue weighted by molar-refractivity contribution is 5.87. The van der Waals surface area contributed by atoms with Crippen molar-refractivity contribution in [1.29, 1.82) is 0 Å². The molecule has 0 spiro atoms. The van der Waals surface area contributed by atoms with E-state index in [1.165, 1.54) is 5.39 Å². The fourth-order valence-corrected chi connectivity index (χ4v) is 1.54. The van der Waals surface area contributed by atoms with E-state index in [0.29, 0.717) is 6.61 Å². The van der Waals surface area contributed by atoms with Gasteiger partial charge in [0.15, 0.2) is 0 Å². The number of rotatable bonds is 2. The van der Waals surface area contributed by atoms with Gasteiger partial charge in [0.05, 0.1) is 6.61 Å². The molecule has 0 aliphatic rings. The lowest BCUT2D eigenvalue weighted by Gasteiger charge is -2.07. The highest BCUT2D eigenvalue weighted by atomic mass is 16.5. The Bertz CT molecular complexity index is 451. The van der Waals surface area contributed by atoms with E-state index in [1.54, 1.807) is 0 Å². The molecule has 2 aromatic rings. The zero-order valence-corrected chi connectivity index (χ0v) is 8.45. The molecule has 0 N–H and O–H groups in total. The van der Waals surface area contributed by atoms with Gasteiger partial charge in [-0.2, -0.15) is 0 Å². The molecule has 1 aromatic carbocycles. The van der Waals surface area contributed by atoms with Crippen LogP contribution in [0.4, 0.5) is 0 Å². The zero-order valence-electron chi connectivity index (χ0n) is 8.45. The SMILES string of the molecule is CCOc1nc(C)cc2ccccc12. The molecule has 0 unspecified atom stereocenters. The minimum atomic E-state index is 0.653. The van der Waals surface area contributed by atoms with E-state index in [0.717, 1.165) is 17.0 Å². The third kappa shape index (κ3) is 1.55. The van der Waals surface area contributed by atoms with Gasteiger partial charge >= 0.3 is 0 Å². The highest BCUT2D eigenvalue weighted by Gasteiger charge is 2.03. The predicted octanol–water partition coefficient (Wildman–Crippen LogP) is 2.94. The van der Waals surface area contributed by atoms with E-state index in [-0.39, 0.29) is 0 Å². The molecular weight excluding hydrogens is 174 g/mol. The minimum absolute atomic E-state index is 0.653. The summed E-state index contributed by atoms with van der Waals surface area (Å²) in [4.78, 5) is 4.37. The Morgan fingerprint density at radius 2 is 2.07 bits per heavy atom. The number of benzene rings is 1. The van der Waals surface area contributed by atoms with Gasteiger partial charge in [-0.3, -0.25) is 0 Å². The van der Waals surface area contributed by atoms with Gasteiger partial charge in [-0.1, -0.05) is 18.2 Å². The van der Waals surface area contributed by atoms with E-state index in [9.17, 15) is 0 Å². The van der Waals surface area contributed by atoms with E-state index in [4.69, 9.17) is 4.74 Å². The van der Waals surface area contributed by atoms with Crippen molar-refractivity contribution >= 4 is 10.8 Å². The third-order valence-electron chi connectivity index (χ3n) is 2.11. The molecule has 2 nitrogen and oxygen atoms in total. The summed E-state index contributed by atoms with van der Waals surface area (Å²) in [6.45, 7) is 4.61. The van der Waals surface area contributed by atoms with E-state index in [1.807, 2.05) is 32.0 Å². The molecule has 0 aliphatic heterocycles. The normalized spacial score (nSPS) is 10.4. The van der Waals surface area contributed by atoms with E-state index >= 15 is 0 Å². The second-order valence-electron chi connectivity index (χ2n) is 3.22. The number of hydrogen-bond acceptors (Lipinski definition) is 2. The summed E-state index contributed by atoms with van der Waals surface area (Å²) in [5.41, 5.74) is 0.993. The molecule has 14 heavy (non-hydrogen) atoms. The van der Waals surface area contributed by atoms with Crippen molar-refractivity contribution < 1.29 is 4.74 Å². The molecule has 0 saturated heterocycles. The average Bonchev–Trinajstić information content (AvgIpc) is 2.18. The molecule has 72 valence electrons. The molecule has 0 amide bonds. The van der Waals surface area contributed by atoms with Crippen LogP contribution in [0.25, 0.3) is 10.8 Å². The van der Waals surface area contributed by atoms with Gasteiger partial charge in [0.1, 0.15) is 0 Å². The highest BCUT2D eigenvalue weighted by Crippen LogP contribution is 2.23. The van der Waals surface area contributed by atoms with Crippen LogP contribution in [0, 0.1) is 6.92 Å². The molecule has 1 heterocycles. The molecule has 0 radical (unpaired) electrons. The first-order chi connectivity index (χ1) is 6.81. The van der Waals surface area contributed by atoms with Crippen LogP contribution in [0.15, 0.2) is 30.3 Å². The first-order valence-electron chi connectivity index (χ1n) is 4.80. The number of aromatic nitrogens is 1. The van der Waals surface area contributed by atoms with Crippen molar-refractivity contribution in [2.75, 3.05) is 6.61 Å². The maximum absolute atomic E-state index is 5.49. The minimum Gasteiger partial charge on any atom is -0.478 e. The van der Waals surface area contributed by atoms with Gasteiger partial charge in [0.25, 0.3) is 0 Å². The van der Waals surface area contributed by atoms with Gasteiger partial charge in [-0.15, -0.1) is 0 Å². The van der Waals surface area contributed by atoms with Gasteiger partial charge < -0.3 is 4.74 Å². The van der Waals surface area contributed by atoms with Crippen molar-refractivity contribution in [2.45, 2.75) is 13.8 Å². The van der Waals surface area contributed by atoms with Crippen molar-refractivity contribution in [1.82, 2.24) is 4.98 Å². The van der Waals surface area contributed by atoms with Crippen LogP contribution in [0.3, 0.4) is 0 Å². The number of aryl methyl sites for hydroxylation is 1. The molecule has 0 saturated carbocycles. The Hall–Kier alpha value is -1.57. The Labute approximate surface area is 83.5 Å². The Morgan fingerprint density at radius 1 is 1.29 bits per heavy atom. The van der Waals surface area contributed by atoms with Crippen LogP contribution in [0.1, 0.15) is 12.6 Å². The fraction of sp³-hybridized carbons (Fsp3) is 0.250. The van der Waals surface area contributed by atoms with Crippen LogP contribution in [-0.2, 0) is 0 Å². The summed E-state index contributed by atoms with van der Waals surface area (Å²) in [6.07, 6.45) is 0. The molecule has 2 heteroatoms. The molecule has 0 bridgehead atoms. The van der Waals surface area contributed by atoms with Crippen molar-refractivity contribution in [3.05, 3.63) is 36.0 Å². The second kappa shape index (κ2) is 3.66. The summed E-state index contributed by atoms with van der Waals surface area (Å²) < 4.78 is 5.49. The summed E-state index contributed by atoms with van der Waals surface area (Å²) in [7, 11) is 0. The fourth-order valence-electron chi connectivity index (χ4n) is 1.54. The maximum atomic E-state index is 5.49. The van der Waals surface area contributed by atoms with Crippen LogP contribution in [0.2, 0.25) is 0 Å². The molecule has 0 atom stereocenters. The van der Waals surface area contributed by atoms with Crippen LogP contribution in [0.5, 0.6) is 5.88 Å². The number of fused-ring (bicyclic) bond motifs is 1. The average molecular weight is 187 g/mol. The molecule has 1 aromatic heterocycles. The molecular formula is C12H13NO. The Balaban J connectivity index is 2.67. The van der Waals surface area contributed by atoms with Gasteiger partial charge in [0, 0.05) is 11.1 Å². The van der Waals surface area contributed by atoms with E-state index < -0.39 is 0 Å². The second-order valence-corrected chi connectivity index (χ2v) is 3.22. The van der Waals surface area contributed by atoms with Crippen molar-refractivity contribution in [2.24, 2.45) is 0 Å². The lowest BCUT2D eigenvalue weighted by atomic mass is 10.1. The number of ether oxygens (including phenoxy) is 1. The van der Waals surface area contributed by atoms with Crippen LogP contribution < -0.4 is 4.74 Å². The molecule has 0 fully saturated rings. The van der Waals surface area contributed by atoms with Crippen molar-refractivity contribution in [3.8, 4) is 5.88 Å². The lowest BCUT2D eigenvalue weighted by Crippen LogP contribution is -1.96. The maximum Gasteiger partial charge on any atom is 0.221 e. The largest absolute Gasteiger partial charge is 0.478 e. The summed E-state index contributed by atoms with van der Waals surface area (Å²) >= 11 is 0. The van der Waals surface area contributed by atoms with Gasteiger partial charge in [-0.25, -0.2) is 4.98 Å². The zero-order chi connectivity index (χ0) is 9.97. The monoisotopic (exact) mass is 187 g/mol. The topological polar surface area (TPSA) is 22.1 Å². The third-order valence-corrected chi connectivity index (χ3v) is 2.11. The Kier molecular flexibility index (Phi) is 2.35. The van der Waals surface area contributed by atoms with Crippen LogP contribution in [-0.4, -0.2) is 11.6 Å². The van der Waals surface area contributed by atoms with Gasteiger partial charge in [0.2, 0.25) is 5.88 Å². The number of hydrogen-bond donors (Lipinski definition) is 0. The summed E-state index contributed by atoms with van der Waals surface area (Å²) in [5.74, 6) is 0.739.